The van der Waals surface area contributed by atoms with Crippen molar-refractivity contribution in [1.29, 1.82) is 0 Å². The Bertz CT molecular complexity index is 1030. The van der Waals surface area contributed by atoms with Crippen LogP contribution in [0, 0.1) is 5.92 Å². The number of aryl methyl sites for hydroxylation is 1. The van der Waals surface area contributed by atoms with Crippen molar-refractivity contribution in [3.63, 3.8) is 0 Å². The minimum atomic E-state index is -3.29. The molecule has 0 radical (unpaired) electrons. The highest BCUT2D eigenvalue weighted by molar-refractivity contribution is 7.98. The summed E-state index contributed by atoms with van der Waals surface area (Å²) in [4.78, 5) is 17.9. The van der Waals surface area contributed by atoms with Gasteiger partial charge in [0.05, 0.1) is 29.5 Å². The van der Waals surface area contributed by atoms with Crippen molar-refractivity contribution in [3.8, 4) is 5.75 Å². The summed E-state index contributed by atoms with van der Waals surface area (Å²) in [6, 6.07) is 5.84. The van der Waals surface area contributed by atoms with Gasteiger partial charge in [0.15, 0.2) is 4.80 Å². The van der Waals surface area contributed by atoms with Gasteiger partial charge in [-0.25, -0.2) is 12.7 Å². The van der Waals surface area contributed by atoms with E-state index in [-0.39, 0.29) is 12.5 Å². The van der Waals surface area contributed by atoms with Gasteiger partial charge in [-0.2, -0.15) is 16.8 Å². The lowest BCUT2D eigenvalue weighted by atomic mass is 9.99. The monoisotopic (exact) mass is 443 g/mol. The third-order valence-electron chi connectivity index (χ3n) is 4.82. The predicted octanol–water partition coefficient (Wildman–Crippen LogP) is 2.17. The van der Waals surface area contributed by atoms with E-state index < -0.39 is 15.9 Å². The highest BCUT2D eigenvalue weighted by Gasteiger charge is 2.30. The van der Waals surface area contributed by atoms with Gasteiger partial charge in [-0.3, -0.25) is 4.79 Å². The minimum absolute atomic E-state index is 0.213. The fourth-order valence-corrected chi connectivity index (χ4v) is 5.66. The van der Waals surface area contributed by atoms with Gasteiger partial charge in [0.1, 0.15) is 5.75 Å². The summed E-state index contributed by atoms with van der Waals surface area (Å²) in [5.74, 6) is 1.03. The Morgan fingerprint density at radius 1 is 1.43 bits per heavy atom. The molecule has 7 nitrogen and oxygen atoms in total. The lowest BCUT2D eigenvalue weighted by molar-refractivity contribution is -0.122. The molecule has 0 saturated carbocycles. The zero-order valence-electron chi connectivity index (χ0n) is 16.3. The van der Waals surface area contributed by atoms with Crippen LogP contribution in [0.1, 0.15) is 12.8 Å². The number of piperidine rings is 1. The molecular weight excluding hydrogens is 418 g/mol. The number of carbonyl (C=O) groups is 1. The Kier molecular flexibility index (Phi) is 6.85. The van der Waals surface area contributed by atoms with Crippen LogP contribution in [0.5, 0.6) is 5.75 Å². The van der Waals surface area contributed by atoms with Gasteiger partial charge in [-0.1, -0.05) is 11.3 Å². The van der Waals surface area contributed by atoms with Gasteiger partial charge in [-0.15, -0.1) is 0 Å². The Morgan fingerprint density at radius 3 is 2.89 bits per heavy atom. The summed E-state index contributed by atoms with van der Waals surface area (Å²) in [6.45, 7) is 1.43. The van der Waals surface area contributed by atoms with Crippen molar-refractivity contribution in [2.24, 2.45) is 10.9 Å². The first-order valence-corrected chi connectivity index (χ1v) is 13.1. The molecule has 3 rings (SSSR count). The van der Waals surface area contributed by atoms with E-state index in [0.29, 0.717) is 24.2 Å². The quantitative estimate of drug-likeness (QED) is 0.684. The molecule has 0 N–H and O–H groups in total. The third-order valence-corrected chi connectivity index (χ3v) is 7.72. The minimum Gasteiger partial charge on any atom is -0.497 e. The molecule has 1 atom stereocenters. The van der Waals surface area contributed by atoms with Crippen LogP contribution in [0.2, 0.25) is 0 Å². The van der Waals surface area contributed by atoms with E-state index in [4.69, 9.17) is 4.74 Å². The molecule has 2 heterocycles. The average molecular weight is 444 g/mol. The van der Waals surface area contributed by atoms with E-state index in [1.807, 2.05) is 24.5 Å². The molecule has 0 spiro atoms. The average Bonchev–Trinajstić information content (AvgIpc) is 3.01. The van der Waals surface area contributed by atoms with Crippen LogP contribution in [-0.2, 0) is 21.4 Å². The maximum atomic E-state index is 12.8. The standard InChI is InChI=1S/C18H25N3O4S3/c1-25-14-6-7-15-16(11-14)27-18(21(15)9-10-26-2)19-17(22)13-5-4-8-20(12-13)28(3,23)24/h6-7,11,13H,4-5,8-10,12H2,1-3H3. The molecular formula is C18H25N3O4S3. The van der Waals surface area contributed by atoms with Crippen LogP contribution in [0.15, 0.2) is 23.2 Å². The van der Waals surface area contributed by atoms with E-state index >= 15 is 0 Å². The Balaban J connectivity index is 1.96. The second kappa shape index (κ2) is 8.98. The largest absolute Gasteiger partial charge is 0.497 e. The van der Waals surface area contributed by atoms with Gasteiger partial charge in [0, 0.05) is 25.4 Å². The maximum Gasteiger partial charge on any atom is 0.252 e. The van der Waals surface area contributed by atoms with Crippen LogP contribution in [-0.4, -0.2) is 61.7 Å². The highest BCUT2D eigenvalue weighted by atomic mass is 32.2. The Hall–Kier alpha value is -1.36. The van der Waals surface area contributed by atoms with Crippen molar-refractivity contribution in [3.05, 3.63) is 23.0 Å². The molecule has 10 heteroatoms. The molecule has 1 aliphatic rings. The molecule has 1 aromatic heterocycles. The predicted molar refractivity (Wildman–Crippen MR) is 114 cm³/mol. The number of aromatic nitrogens is 1. The number of carbonyl (C=O) groups excluding carboxylic acids is 1. The molecule has 1 amide bonds. The number of amides is 1. The van der Waals surface area contributed by atoms with E-state index in [1.165, 1.54) is 21.9 Å². The van der Waals surface area contributed by atoms with Crippen LogP contribution >= 0.6 is 23.1 Å². The summed E-state index contributed by atoms with van der Waals surface area (Å²) in [5.41, 5.74) is 1.02. The third kappa shape index (κ3) is 4.79. The molecule has 2 aromatic rings. The molecule has 1 aromatic carbocycles. The number of rotatable bonds is 6. The van der Waals surface area contributed by atoms with Crippen LogP contribution in [0.4, 0.5) is 0 Å². The zero-order chi connectivity index (χ0) is 20.3. The SMILES string of the molecule is COc1ccc2c(c1)sc(=NC(=O)C1CCCN(S(C)(=O)=O)C1)n2CCSC. The fraction of sp³-hybridized carbons (Fsp3) is 0.556. The lowest BCUT2D eigenvalue weighted by Crippen LogP contribution is -2.41. The molecule has 0 bridgehead atoms. The van der Waals surface area contributed by atoms with E-state index in [0.717, 1.165) is 28.3 Å². The molecule has 1 saturated heterocycles. The van der Waals surface area contributed by atoms with Crippen molar-refractivity contribution < 1.29 is 17.9 Å². The summed E-state index contributed by atoms with van der Waals surface area (Å²) < 4.78 is 33.4. The number of sulfonamides is 1. The van der Waals surface area contributed by atoms with Gasteiger partial charge < -0.3 is 9.30 Å². The summed E-state index contributed by atoms with van der Waals surface area (Å²) >= 11 is 3.19. The first-order chi connectivity index (χ1) is 13.3. The number of nitrogens with zero attached hydrogens (tertiary/aromatic N) is 3. The number of fused-ring (bicyclic) bond motifs is 1. The second-order valence-corrected chi connectivity index (χ2v) is 10.8. The lowest BCUT2D eigenvalue weighted by Gasteiger charge is -2.28. The number of benzene rings is 1. The van der Waals surface area contributed by atoms with Crippen molar-refractivity contribution >= 4 is 49.2 Å². The molecule has 1 unspecified atom stereocenters. The Morgan fingerprint density at radius 2 is 2.21 bits per heavy atom. The van der Waals surface area contributed by atoms with Crippen LogP contribution in [0.3, 0.4) is 0 Å². The van der Waals surface area contributed by atoms with Crippen molar-refractivity contribution in [2.45, 2.75) is 19.4 Å². The number of hydrogen-bond acceptors (Lipinski definition) is 6. The maximum absolute atomic E-state index is 12.8. The molecule has 0 aliphatic carbocycles. The number of methoxy groups -OCH3 is 1. The van der Waals surface area contributed by atoms with Crippen LogP contribution in [0.25, 0.3) is 10.2 Å². The molecule has 1 fully saturated rings. The normalized spacial score (nSPS) is 19.2. The number of hydrogen-bond donors (Lipinski definition) is 0. The van der Waals surface area contributed by atoms with Crippen molar-refractivity contribution in [2.75, 3.05) is 38.5 Å². The van der Waals surface area contributed by atoms with E-state index in [9.17, 15) is 13.2 Å². The van der Waals surface area contributed by atoms with Crippen molar-refractivity contribution in [1.82, 2.24) is 8.87 Å². The summed E-state index contributed by atoms with van der Waals surface area (Å²) in [6.07, 6.45) is 4.57. The Labute approximate surface area is 173 Å². The van der Waals surface area contributed by atoms with Gasteiger partial charge >= 0.3 is 0 Å². The van der Waals surface area contributed by atoms with Crippen LogP contribution < -0.4 is 9.54 Å². The highest BCUT2D eigenvalue weighted by Crippen LogP contribution is 2.24. The van der Waals surface area contributed by atoms with E-state index in [2.05, 4.69) is 9.56 Å². The topological polar surface area (TPSA) is 81.0 Å². The smallest absolute Gasteiger partial charge is 0.252 e. The zero-order valence-corrected chi connectivity index (χ0v) is 18.7. The molecule has 28 heavy (non-hydrogen) atoms. The van der Waals surface area contributed by atoms with Gasteiger partial charge in [-0.05, 0) is 37.3 Å². The molecule has 1 aliphatic heterocycles. The number of thioether (sulfide) groups is 1. The summed E-state index contributed by atoms with van der Waals surface area (Å²) in [5, 5.41) is 0. The van der Waals surface area contributed by atoms with Gasteiger partial charge in [0.25, 0.3) is 5.91 Å². The first-order valence-electron chi connectivity index (χ1n) is 9.03. The van der Waals surface area contributed by atoms with E-state index in [1.54, 1.807) is 18.9 Å². The number of thiazole rings is 1. The molecule has 154 valence electrons. The number of ether oxygens (including phenoxy) is 1. The second-order valence-electron chi connectivity index (χ2n) is 6.77. The van der Waals surface area contributed by atoms with Gasteiger partial charge in [0.2, 0.25) is 10.0 Å². The summed E-state index contributed by atoms with van der Waals surface area (Å²) in [7, 11) is -1.67. The first kappa shape index (κ1) is 21.4. The fourth-order valence-electron chi connectivity index (χ4n) is 3.30.